The van der Waals surface area contributed by atoms with Crippen molar-refractivity contribution in [2.24, 2.45) is 12.8 Å². The average molecular weight is 187 g/mol. The summed E-state index contributed by atoms with van der Waals surface area (Å²) in [5, 5.41) is 0. The van der Waals surface area contributed by atoms with Crippen molar-refractivity contribution >= 4 is 0 Å². The minimum atomic E-state index is -0.142. The molecule has 3 nitrogen and oxygen atoms in total. The zero-order chi connectivity index (χ0) is 9.97. The van der Waals surface area contributed by atoms with E-state index in [1.165, 1.54) is 0 Å². The molecule has 14 heavy (non-hydrogen) atoms. The van der Waals surface area contributed by atoms with Gasteiger partial charge >= 0.3 is 0 Å². The van der Waals surface area contributed by atoms with Crippen molar-refractivity contribution in [2.75, 3.05) is 0 Å². The van der Waals surface area contributed by atoms with Gasteiger partial charge in [0.15, 0.2) is 0 Å². The van der Waals surface area contributed by atoms with Gasteiger partial charge in [-0.2, -0.15) is 0 Å². The molecule has 2 N–H and O–H groups in total. The molecule has 2 aromatic rings. The van der Waals surface area contributed by atoms with Crippen LogP contribution in [-0.4, -0.2) is 9.55 Å². The smallest absolute Gasteiger partial charge is 0.129 e. The fourth-order valence-electron chi connectivity index (χ4n) is 1.49. The van der Waals surface area contributed by atoms with E-state index in [1.807, 2.05) is 48.1 Å². The normalized spacial score (nSPS) is 12.7. The highest BCUT2D eigenvalue weighted by atomic mass is 15.1. The van der Waals surface area contributed by atoms with Gasteiger partial charge in [-0.3, -0.25) is 0 Å². The third-order valence-corrected chi connectivity index (χ3v) is 2.30. The summed E-state index contributed by atoms with van der Waals surface area (Å²) >= 11 is 0. The highest BCUT2D eigenvalue weighted by Crippen LogP contribution is 2.16. The van der Waals surface area contributed by atoms with Crippen LogP contribution in [0.1, 0.15) is 17.4 Å². The van der Waals surface area contributed by atoms with E-state index in [1.54, 1.807) is 6.20 Å². The van der Waals surface area contributed by atoms with E-state index < -0.39 is 0 Å². The predicted molar refractivity (Wildman–Crippen MR) is 55.7 cm³/mol. The van der Waals surface area contributed by atoms with Gasteiger partial charge in [-0.05, 0) is 5.56 Å². The van der Waals surface area contributed by atoms with Crippen LogP contribution >= 0.6 is 0 Å². The molecule has 0 spiro atoms. The molecule has 0 amide bonds. The number of aromatic nitrogens is 2. The van der Waals surface area contributed by atoms with Crippen molar-refractivity contribution in [3.63, 3.8) is 0 Å². The van der Waals surface area contributed by atoms with Gasteiger partial charge in [0.05, 0.1) is 6.04 Å². The Hall–Kier alpha value is -1.61. The molecule has 0 bridgehead atoms. The number of hydrogen-bond donors (Lipinski definition) is 1. The third kappa shape index (κ3) is 1.54. The fraction of sp³-hybridized carbons (Fsp3) is 0.182. The molecule has 1 aromatic heterocycles. The monoisotopic (exact) mass is 187 g/mol. The summed E-state index contributed by atoms with van der Waals surface area (Å²) in [5.74, 6) is 0.885. The van der Waals surface area contributed by atoms with Gasteiger partial charge in [-0.25, -0.2) is 4.98 Å². The van der Waals surface area contributed by atoms with Crippen LogP contribution in [0.25, 0.3) is 0 Å². The van der Waals surface area contributed by atoms with Crippen molar-refractivity contribution in [3.05, 3.63) is 54.1 Å². The van der Waals surface area contributed by atoms with Gasteiger partial charge in [-0.15, -0.1) is 0 Å². The predicted octanol–water partition coefficient (Wildman–Crippen LogP) is 1.47. The lowest BCUT2D eigenvalue weighted by molar-refractivity contribution is 0.717. The van der Waals surface area contributed by atoms with Crippen LogP contribution in [0.2, 0.25) is 0 Å². The molecular formula is C11H13N3. The van der Waals surface area contributed by atoms with E-state index in [2.05, 4.69) is 4.98 Å². The van der Waals surface area contributed by atoms with Crippen molar-refractivity contribution in [2.45, 2.75) is 6.04 Å². The Kier molecular flexibility index (Phi) is 2.33. The van der Waals surface area contributed by atoms with Crippen LogP contribution in [-0.2, 0) is 7.05 Å². The molecular weight excluding hydrogens is 174 g/mol. The molecule has 72 valence electrons. The number of aryl methyl sites for hydroxylation is 1. The lowest BCUT2D eigenvalue weighted by Gasteiger charge is -2.11. The van der Waals surface area contributed by atoms with Gasteiger partial charge in [0.2, 0.25) is 0 Å². The number of rotatable bonds is 2. The summed E-state index contributed by atoms with van der Waals surface area (Å²) in [5.41, 5.74) is 7.16. The van der Waals surface area contributed by atoms with Gasteiger partial charge < -0.3 is 10.3 Å². The second-order valence-corrected chi connectivity index (χ2v) is 3.28. The number of benzene rings is 1. The highest BCUT2D eigenvalue weighted by molar-refractivity contribution is 5.24. The van der Waals surface area contributed by atoms with E-state index in [0.717, 1.165) is 11.4 Å². The minimum Gasteiger partial charge on any atom is -0.336 e. The molecule has 1 aromatic carbocycles. The second kappa shape index (κ2) is 3.64. The molecule has 0 aliphatic carbocycles. The molecule has 0 aliphatic rings. The van der Waals surface area contributed by atoms with Crippen LogP contribution in [0.4, 0.5) is 0 Å². The first kappa shape index (κ1) is 8.97. The van der Waals surface area contributed by atoms with Crippen LogP contribution in [0.3, 0.4) is 0 Å². The summed E-state index contributed by atoms with van der Waals surface area (Å²) in [6.45, 7) is 0. The summed E-state index contributed by atoms with van der Waals surface area (Å²) in [6.07, 6.45) is 3.66. The van der Waals surface area contributed by atoms with Crippen molar-refractivity contribution in [3.8, 4) is 0 Å². The van der Waals surface area contributed by atoms with Gasteiger partial charge in [0, 0.05) is 19.4 Å². The molecule has 2 rings (SSSR count). The second-order valence-electron chi connectivity index (χ2n) is 3.28. The van der Waals surface area contributed by atoms with Gasteiger partial charge in [-0.1, -0.05) is 30.3 Å². The Morgan fingerprint density at radius 3 is 2.57 bits per heavy atom. The van der Waals surface area contributed by atoms with Crippen LogP contribution in [0.5, 0.6) is 0 Å². The molecule has 3 heteroatoms. The van der Waals surface area contributed by atoms with E-state index in [4.69, 9.17) is 5.73 Å². The Bertz CT molecular complexity index is 405. The Balaban J connectivity index is 2.34. The fourth-order valence-corrected chi connectivity index (χ4v) is 1.49. The zero-order valence-electron chi connectivity index (χ0n) is 8.09. The van der Waals surface area contributed by atoms with E-state index >= 15 is 0 Å². The topological polar surface area (TPSA) is 43.8 Å². The maximum atomic E-state index is 6.08. The molecule has 0 radical (unpaired) electrons. The van der Waals surface area contributed by atoms with E-state index in [9.17, 15) is 0 Å². The SMILES string of the molecule is Cn1ccnc1[C@H](N)c1ccccc1. The van der Waals surface area contributed by atoms with Gasteiger partial charge in [0.1, 0.15) is 5.82 Å². The zero-order valence-corrected chi connectivity index (χ0v) is 8.09. The van der Waals surface area contributed by atoms with Gasteiger partial charge in [0.25, 0.3) is 0 Å². The Morgan fingerprint density at radius 2 is 2.00 bits per heavy atom. The lowest BCUT2D eigenvalue weighted by Crippen LogP contribution is -2.16. The first-order valence-electron chi connectivity index (χ1n) is 4.57. The largest absolute Gasteiger partial charge is 0.336 e. The van der Waals surface area contributed by atoms with Crippen molar-refractivity contribution in [1.82, 2.24) is 9.55 Å². The number of hydrogen-bond acceptors (Lipinski definition) is 2. The highest BCUT2D eigenvalue weighted by Gasteiger charge is 2.11. The number of imidazole rings is 1. The van der Waals surface area contributed by atoms with Crippen molar-refractivity contribution < 1.29 is 0 Å². The van der Waals surface area contributed by atoms with Crippen LogP contribution in [0, 0.1) is 0 Å². The average Bonchev–Trinajstić information content (AvgIpc) is 2.65. The van der Waals surface area contributed by atoms with Crippen LogP contribution < -0.4 is 5.73 Å². The minimum absolute atomic E-state index is 0.142. The van der Waals surface area contributed by atoms with E-state index in [0.29, 0.717) is 0 Å². The maximum absolute atomic E-state index is 6.08. The number of nitrogens with zero attached hydrogens (tertiary/aromatic N) is 2. The molecule has 1 heterocycles. The third-order valence-electron chi connectivity index (χ3n) is 2.30. The summed E-state index contributed by atoms with van der Waals surface area (Å²) < 4.78 is 1.94. The molecule has 0 fully saturated rings. The first-order valence-corrected chi connectivity index (χ1v) is 4.57. The molecule has 0 unspecified atom stereocenters. The lowest BCUT2D eigenvalue weighted by atomic mass is 10.1. The standard InChI is InChI=1S/C11H13N3/c1-14-8-7-13-11(14)10(12)9-5-3-2-4-6-9/h2-8,10H,12H2,1H3/t10-/m1/s1. The summed E-state index contributed by atoms with van der Waals surface area (Å²) in [4.78, 5) is 4.23. The quantitative estimate of drug-likeness (QED) is 0.773. The summed E-state index contributed by atoms with van der Waals surface area (Å²) in [7, 11) is 1.95. The Labute approximate surface area is 83.2 Å². The molecule has 0 aliphatic heterocycles. The molecule has 1 atom stereocenters. The maximum Gasteiger partial charge on any atom is 0.129 e. The Morgan fingerprint density at radius 1 is 1.29 bits per heavy atom. The number of nitrogens with two attached hydrogens (primary N) is 1. The van der Waals surface area contributed by atoms with Crippen molar-refractivity contribution in [1.29, 1.82) is 0 Å². The molecule has 0 saturated heterocycles. The molecule has 0 saturated carbocycles. The van der Waals surface area contributed by atoms with Crippen LogP contribution in [0.15, 0.2) is 42.7 Å². The summed E-state index contributed by atoms with van der Waals surface area (Å²) in [6, 6.07) is 9.83. The van der Waals surface area contributed by atoms with E-state index in [-0.39, 0.29) is 6.04 Å². The first-order chi connectivity index (χ1) is 6.79.